The summed E-state index contributed by atoms with van der Waals surface area (Å²) >= 11 is 0. The molecule has 0 atom stereocenters. The van der Waals surface area contributed by atoms with Crippen LogP contribution in [0.4, 0.5) is 34.1 Å². The van der Waals surface area contributed by atoms with Gasteiger partial charge in [0.25, 0.3) is 0 Å². The van der Waals surface area contributed by atoms with Crippen LogP contribution in [0.3, 0.4) is 0 Å². The molecule has 2 aliphatic rings. The average Bonchev–Trinajstić information content (AvgIpc) is 3.82. The maximum absolute atomic E-state index is 15.1. The number of para-hydroxylation sites is 4. The van der Waals surface area contributed by atoms with Crippen molar-refractivity contribution in [1.82, 2.24) is 14.0 Å². The van der Waals surface area contributed by atoms with Gasteiger partial charge in [0.05, 0.1) is 45.6 Å². The molecule has 7 aromatic carbocycles. The van der Waals surface area contributed by atoms with Crippen LogP contribution in [0.1, 0.15) is 49.9 Å². The van der Waals surface area contributed by atoms with Gasteiger partial charge >= 0.3 is 0 Å². The fourth-order valence-electron chi connectivity index (χ4n) is 10.4. The largest absolute Gasteiger partial charge is 0.310 e. The van der Waals surface area contributed by atoms with E-state index in [-0.39, 0.29) is 21.7 Å². The van der Waals surface area contributed by atoms with Gasteiger partial charge in [0, 0.05) is 61.8 Å². The first-order valence-electron chi connectivity index (χ1n) is 20.5. The Bertz CT molecular complexity index is 3250. The molecule has 2 aliphatic heterocycles. The highest BCUT2D eigenvalue weighted by atomic mass is 16.1. The summed E-state index contributed by atoms with van der Waals surface area (Å²) in [4.78, 5) is 39.0. The third-order valence-corrected chi connectivity index (χ3v) is 13.3. The van der Waals surface area contributed by atoms with E-state index in [4.69, 9.17) is 0 Å². The van der Waals surface area contributed by atoms with Gasteiger partial charge in [-0.05, 0) is 95.1 Å². The normalized spacial score (nSPS) is 15.0. The summed E-state index contributed by atoms with van der Waals surface area (Å²) in [5.74, 6) is 0. The second-order valence-electron chi connectivity index (χ2n) is 17.2. The third-order valence-electron chi connectivity index (χ3n) is 13.3. The summed E-state index contributed by atoms with van der Waals surface area (Å²) in [6.07, 6.45) is 5.24. The minimum atomic E-state index is -0.218. The van der Waals surface area contributed by atoms with Crippen LogP contribution in [0.15, 0.2) is 174 Å². The van der Waals surface area contributed by atoms with Gasteiger partial charge in [-0.2, -0.15) is 0 Å². The molecule has 60 heavy (non-hydrogen) atoms. The molecule has 0 aliphatic carbocycles. The van der Waals surface area contributed by atoms with Gasteiger partial charge in [-0.15, -0.1) is 0 Å². The molecule has 12 rings (SSSR count). The van der Waals surface area contributed by atoms with E-state index in [0.717, 1.165) is 45.2 Å². The molecule has 10 aromatic rings. The molecular formula is C53H39N5O2. The van der Waals surface area contributed by atoms with Crippen molar-refractivity contribution >= 4 is 72.2 Å². The van der Waals surface area contributed by atoms with Crippen LogP contribution in [0, 0.1) is 0 Å². The van der Waals surface area contributed by atoms with E-state index in [9.17, 15) is 0 Å². The molecule has 7 heteroatoms. The van der Waals surface area contributed by atoms with Gasteiger partial charge in [-0.3, -0.25) is 9.59 Å². The maximum Gasteiger partial charge on any atom is 0.197 e. The molecule has 0 saturated carbocycles. The zero-order valence-electron chi connectivity index (χ0n) is 33.6. The Kier molecular flexibility index (Phi) is 6.92. The van der Waals surface area contributed by atoms with Crippen molar-refractivity contribution in [3.63, 3.8) is 0 Å². The number of hydrogen-bond donors (Lipinski definition) is 0. The smallest absolute Gasteiger partial charge is 0.197 e. The fourth-order valence-corrected chi connectivity index (χ4v) is 10.4. The van der Waals surface area contributed by atoms with Crippen molar-refractivity contribution < 1.29 is 0 Å². The molecule has 7 nitrogen and oxygen atoms in total. The van der Waals surface area contributed by atoms with Crippen molar-refractivity contribution in [2.45, 2.75) is 38.5 Å². The monoisotopic (exact) mass is 777 g/mol. The lowest BCUT2D eigenvalue weighted by Gasteiger charge is -2.42. The summed E-state index contributed by atoms with van der Waals surface area (Å²) in [6.45, 7) is 9.09. The molecule has 0 saturated heterocycles. The Balaban J connectivity index is 1.16. The fraction of sp³-hybridized carbons (Fsp3) is 0.113. The topological polar surface area (TPSA) is 62.9 Å². The van der Waals surface area contributed by atoms with Crippen molar-refractivity contribution in [2.24, 2.45) is 0 Å². The second kappa shape index (κ2) is 12.0. The molecule has 0 radical (unpaired) electrons. The molecule has 0 spiro atoms. The Hall–Kier alpha value is -7.51. The molecule has 5 heterocycles. The van der Waals surface area contributed by atoms with Gasteiger partial charge in [0.15, 0.2) is 10.9 Å². The van der Waals surface area contributed by atoms with Gasteiger partial charge < -0.3 is 18.8 Å². The summed E-state index contributed by atoms with van der Waals surface area (Å²) in [5, 5.41) is 2.09. The number of pyridine rings is 2. The lowest BCUT2D eigenvalue weighted by Crippen LogP contribution is -2.30. The molecule has 0 bridgehead atoms. The number of aromatic nitrogens is 3. The van der Waals surface area contributed by atoms with Gasteiger partial charge in [-0.1, -0.05) is 100 Å². The van der Waals surface area contributed by atoms with E-state index in [0.29, 0.717) is 32.7 Å². The first kappa shape index (κ1) is 34.5. The van der Waals surface area contributed by atoms with Crippen LogP contribution < -0.4 is 20.7 Å². The first-order chi connectivity index (χ1) is 29.1. The average molecular weight is 778 g/mol. The second-order valence-corrected chi connectivity index (χ2v) is 17.2. The number of imidazole rings is 1. The minimum Gasteiger partial charge on any atom is -0.310 e. The molecule has 0 fully saturated rings. The maximum atomic E-state index is 15.1. The Morgan fingerprint density at radius 2 is 0.833 bits per heavy atom. The number of rotatable bonds is 3. The molecule has 288 valence electrons. The summed E-state index contributed by atoms with van der Waals surface area (Å²) in [6, 6.07) is 50.3. The third kappa shape index (κ3) is 4.52. The van der Waals surface area contributed by atoms with Crippen molar-refractivity contribution in [3.8, 4) is 5.69 Å². The Morgan fingerprint density at radius 1 is 0.450 bits per heavy atom. The SMILES string of the molecule is CC1(C)c2ccccc2N(c2ccc3c(c2)c(=O)c2cc(-n4ccnc4)cc4c(=O)c5cc(N6c7ccccc7C(C)(C)c7ccccc76)ccc5n3c24)c2ccccc21. The first-order valence-corrected chi connectivity index (χ1v) is 20.5. The zero-order valence-corrected chi connectivity index (χ0v) is 33.6. The molecule has 3 aromatic heterocycles. The standard InChI is InChI=1S/C53H39N5O2/c1-52(2)39-13-5-9-17-45(39)56(46-18-10-6-14-40(46)52)32-21-23-43-35(27-32)50(59)37-29-34(55-26-25-54-31-55)30-38-49(37)58(43)44-24-22-33(28-36(44)51(38)60)57-47-19-11-7-15-41(47)53(3,4)42-16-8-12-20-48(42)57/h5-31H,1-4H3. The molecule has 0 unspecified atom stereocenters. The van der Waals surface area contributed by atoms with Crippen molar-refractivity contribution in [2.75, 3.05) is 9.80 Å². The predicted octanol–water partition coefficient (Wildman–Crippen LogP) is 12.0. The number of fused-ring (bicyclic) bond motifs is 8. The van der Waals surface area contributed by atoms with Gasteiger partial charge in [0.1, 0.15) is 0 Å². The number of nitrogens with zero attached hydrogens (tertiary/aromatic N) is 5. The van der Waals surface area contributed by atoms with E-state index in [2.05, 4.69) is 168 Å². The van der Waals surface area contributed by atoms with Gasteiger partial charge in [-0.25, -0.2) is 4.98 Å². The van der Waals surface area contributed by atoms with Crippen LogP contribution in [-0.4, -0.2) is 14.0 Å². The highest BCUT2D eigenvalue weighted by Crippen LogP contribution is 2.53. The highest BCUT2D eigenvalue weighted by Gasteiger charge is 2.38. The quantitative estimate of drug-likeness (QED) is 0.132. The Morgan fingerprint density at radius 3 is 1.22 bits per heavy atom. The van der Waals surface area contributed by atoms with E-state index < -0.39 is 0 Å². The van der Waals surface area contributed by atoms with Crippen molar-refractivity contribution in [1.29, 1.82) is 0 Å². The van der Waals surface area contributed by atoms with Crippen LogP contribution in [0.25, 0.3) is 43.8 Å². The van der Waals surface area contributed by atoms with E-state index >= 15 is 9.59 Å². The lowest BCUT2D eigenvalue weighted by molar-refractivity contribution is 0.632. The summed E-state index contributed by atoms with van der Waals surface area (Å²) in [7, 11) is 0. The summed E-state index contributed by atoms with van der Waals surface area (Å²) in [5.41, 5.74) is 13.1. The highest BCUT2D eigenvalue weighted by molar-refractivity contribution is 6.10. The van der Waals surface area contributed by atoms with E-state index in [1.165, 1.54) is 22.3 Å². The van der Waals surface area contributed by atoms with Crippen LogP contribution in [-0.2, 0) is 10.8 Å². The van der Waals surface area contributed by atoms with Crippen LogP contribution in [0.5, 0.6) is 0 Å². The zero-order chi connectivity index (χ0) is 40.7. The van der Waals surface area contributed by atoms with E-state index in [1.807, 2.05) is 35.0 Å². The predicted molar refractivity (Wildman–Crippen MR) is 244 cm³/mol. The van der Waals surface area contributed by atoms with E-state index in [1.54, 1.807) is 12.5 Å². The van der Waals surface area contributed by atoms with Crippen LogP contribution >= 0.6 is 0 Å². The number of benzene rings is 7. The minimum absolute atomic E-state index is 0.128. The molecular weight excluding hydrogens is 739 g/mol. The molecule has 0 N–H and O–H groups in total. The number of hydrogen-bond acceptors (Lipinski definition) is 5. The number of anilines is 6. The molecule has 0 amide bonds. The lowest BCUT2D eigenvalue weighted by atomic mass is 9.73. The van der Waals surface area contributed by atoms with Crippen LogP contribution in [0.2, 0.25) is 0 Å². The Labute approximate surface area is 346 Å². The van der Waals surface area contributed by atoms with Gasteiger partial charge in [0.2, 0.25) is 0 Å². The summed E-state index contributed by atoms with van der Waals surface area (Å²) < 4.78 is 3.98. The van der Waals surface area contributed by atoms with Crippen molar-refractivity contribution in [3.05, 3.63) is 207 Å².